The predicted octanol–water partition coefficient (Wildman–Crippen LogP) is 0.958. The van der Waals surface area contributed by atoms with Crippen molar-refractivity contribution in [1.82, 2.24) is 0 Å². The van der Waals surface area contributed by atoms with E-state index in [2.05, 4.69) is 5.73 Å². The molecule has 0 radical (unpaired) electrons. The van der Waals surface area contributed by atoms with Crippen LogP contribution >= 0.6 is 0 Å². The molecule has 0 saturated carbocycles. The molecule has 0 fully saturated rings. The Bertz CT molecular complexity index is 315. The summed E-state index contributed by atoms with van der Waals surface area (Å²) in [6.45, 7) is 1.48. The van der Waals surface area contributed by atoms with Crippen molar-refractivity contribution in [3.8, 4) is 11.5 Å². The number of rotatable bonds is 3. The molecule has 0 amide bonds. The molecule has 3 N–H and O–H groups in total. The topological polar surface area (TPSA) is 64.7 Å². The van der Waals surface area contributed by atoms with Crippen LogP contribution in [-0.2, 0) is 6.42 Å². The molecule has 2 rings (SSSR count). The number of hydrogen-bond donors (Lipinski definition) is 2. The van der Waals surface area contributed by atoms with E-state index in [0.29, 0.717) is 13.2 Å². The SMILES string of the molecule is CN.OCCCc1ccc2c(c1)OCCO2. The second kappa shape index (κ2) is 7.09. The Kier molecular flexibility index (Phi) is 5.67. The van der Waals surface area contributed by atoms with Gasteiger partial charge in [0, 0.05) is 6.61 Å². The van der Waals surface area contributed by atoms with Crippen LogP contribution in [0.25, 0.3) is 0 Å². The first kappa shape index (κ1) is 12.8. The number of aryl methyl sites for hydroxylation is 1. The molecule has 1 heterocycles. The highest BCUT2D eigenvalue weighted by Crippen LogP contribution is 2.30. The van der Waals surface area contributed by atoms with Crippen molar-refractivity contribution in [3.05, 3.63) is 23.8 Å². The molecule has 0 aromatic heterocycles. The first-order valence-corrected chi connectivity index (χ1v) is 5.47. The van der Waals surface area contributed by atoms with E-state index in [4.69, 9.17) is 14.6 Å². The minimum atomic E-state index is 0.231. The molecule has 0 spiro atoms. The van der Waals surface area contributed by atoms with Gasteiger partial charge < -0.3 is 20.3 Å². The van der Waals surface area contributed by atoms with E-state index in [1.165, 1.54) is 12.6 Å². The molecule has 1 aromatic rings. The van der Waals surface area contributed by atoms with E-state index >= 15 is 0 Å². The van der Waals surface area contributed by atoms with E-state index in [0.717, 1.165) is 24.3 Å². The summed E-state index contributed by atoms with van der Waals surface area (Å²) in [5.41, 5.74) is 5.68. The molecule has 0 aliphatic carbocycles. The van der Waals surface area contributed by atoms with Crippen molar-refractivity contribution in [1.29, 1.82) is 0 Å². The predicted molar refractivity (Wildman–Crippen MR) is 63.0 cm³/mol. The van der Waals surface area contributed by atoms with E-state index in [9.17, 15) is 0 Å². The number of aliphatic hydroxyl groups is 1. The number of hydrogen-bond acceptors (Lipinski definition) is 4. The van der Waals surface area contributed by atoms with Gasteiger partial charge in [-0.15, -0.1) is 0 Å². The van der Waals surface area contributed by atoms with Crippen LogP contribution in [0.2, 0.25) is 0 Å². The van der Waals surface area contributed by atoms with E-state index in [1.54, 1.807) is 0 Å². The average molecular weight is 225 g/mol. The zero-order valence-corrected chi connectivity index (χ0v) is 9.61. The zero-order valence-electron chi connectivity index (χ0n) is 9.61. The van der Waals surface area contributed by atoms with E-state index in [-0.39, 0.29) is 6.61 Å². The first-order chi connectivity index (χ1) is 7.90. The third-order valence-electron chi connectivity index (χ3n) is 2.23. The fraction of sp³-hybridized carbons (Fsp3) is 0.500. The van der Waals surface area contributed by atoms with Gasteiger partial charge >= 0.3 is 0 Å². The maximum absolute atomic E-state index is 8.71. The summed E-state index contributed by atoms with van der Waals surface area (Å²) in [5, 5.41) is 8.71. The largest absolute Gasteiger partial charge is 0.486 e. The van der Waals surface area contributed by atoms with Crippen LogP contribution in [0.4, 0.5) is 0 Å². The van der Waals surface area contributed by atoms with Gasteiger partial charge in [-0.05, 0) is 37.6 Å². The van der Waals surface area contributed by atoms with Crippen molar-refractivity contribution in [2.24, 2.45) is 5.73 Å². The fourth-order valence-corrected chi connectivity index (χ4v) is 1.53. The van der Waals surface area contributed by atoms with Crippen molar-refractivity contribution in [2.45, 2.75) is 12.8 Å². The van der Waals surface area contributed by atoms with Gasteiger partial charge in [-0.3, -0.25) is 0 Å². The Morgan fingerprint density at radius 3 is 2.56 bits per heavy atom. The van der Waals surface area contributed by atoms with Crippen LogP contribution in [0.3, 0.4) is 0 Å². The second-order valence-corrected chi connectivity index (χ2v) is 3.31. The van der Waals surface area contributed by atoms with Gasteiger partial charge in [0.1, 0.15) is 13.2 Å². The lowest BCUT2D eigenvalue weighted by Crippen LogP contribution is -2.15. The molecule has 1 aliphatic rings. The van der Waals surface area contributed by atoms with Crippen LogP contribution in [0.15, 0.2) is 18.2 Å². The molecule has 1 aromatic carbocycles. The lowest BCUT2D eigenvalue weighted by molar-refractivity contribution is 0.171. The van der Waals surface area contributed by atoms with Gasteiger partial charge in [0.15, 0.2) is 11.5 Å². The normalized spacial score (nSPS) is 12.7. The standard InChI is InChI=1S/C11H14O3.CH5N/c12-5-1-2-9-3-4-10-11(8-9)14-7-6-13-10;1-2/h3-4,8,12H,1-2,5-7H2;2H2,1H3. The minimum absolute atomic E-state index is 0.231. The highest BCUT2D eigenvalue weighted by atomic mass is 16.6. The lowest BCUT2D eigenvalue weighted by Gasteiger charge is -2.18. The summed E-state index contributed by atoms with van der Waals surface area (Å²) < 4.78 is 10.9. The molecular formula is C12H19NO3. The number of ether oxygens (including phenoxy) is 2. The summed E-state index contributed by atoms with van der Waals surface area (Å²) in [4.78, 5) is 0. The van der Waals surface area contributed by atoms with Crippen molar-refractivity contribution in [3.63, 3.8) is 0 Å². The summed E-state index contributed by atoms with van der Waals surface area (Å²) in [6.07, 6.45) is 1.67. The molecule has 16 heavy (non-hydrogen) atoms. The molecule has 90 valence electrons. The zero-order chi connectivity index (χ0) is 11.8. The lowest BCUT2D eigenvalue weighted by atomic mass is 10.1. The van der Waals surface area contributed by atoms with Crippen LogP contribution in [0, 0.1) is 0 Å². The van der Waals surface area contributed by atoms with Crippen molar-refractivity contribution >= 4 is 0 Å². The molecule has 0 unspecified atom stereocenters. The Morgan fingerprint density at radius 1 is 1.19 bits per heavy atom. The van der Waals surface area contributed by atoms with Crippen LogP contribution < -0.4 is 15.2 Å². The van der Waals surface area contributed by atoms with Gasteiger partial charge in [0.2, 0.25) is 0 Å². The highest BCUT2D eigenvalue weighted by Gasteiger charge is 2.11. The number of aliphatic hydroxyl groups excluding tert-OH is 1. The molecule has 0 saturated heterocycles. The van der Waals surface area contributed by atoms with Gasteiger partial charge in [-0.2, -0.15) is 0 Å². The van der Waals surface area contributed by atoms with Gasteiger partial charge in [0.05, 0.1) is 0 Å². The van der Waals surface area contributed by atoms with Crippen LogP contribution in [-0.4, -0.2) is 32.0 Å². The Hall–Kier alpha value is -1.26. The summed E-state index contributed by atoms with van der Waals surface area (Å²) in [6, 6.07) is 5.94. The Morgan fingerprint density at radius 2 is 1.88 bits per heavy atom. The molecule has 4 heteroatoms. The molecule has 0 atom stereocenters. The maximum atomic E-state index is 8.71. The van der Waals surface area contributed by atoms with Crippen molar-refractivity contribution in [2.75, 3.05) is 26.9 Å². The molecule has 4 nitrogen and oxygen atoms in total. The second-order valence-electron chi connectivity index (χ2n) is 3.31. The fourth-order valence-electron chi connectivity index (χ4n) is 1.53. The molecular weight excluding hydrogens is 206 g/mol. The minimum Gasteiger partial charge on any atom is -0.486 e. The highest BCUT2D eigenvalue weighted by molar-refractivity contribution is 5.43. The smallest absolute Gasteiger partial charge is 0.161 e. The van der Waals surface area contributed by atoms with Gasteiger partial charge in [-0.1, -0.05) is 6.07 Å². The van der Waals surface area contributed by atoms with Gasteiger partial charge in [-0.25, -0.2) is 0 Å². The third-order valence-corrected chi connectivity index (χ3v) is 2.23. The monoisotopic (exact) mass is 225 g/mol. The number of fused-ring (bicyclic) bond motifs is 1. The number of nitrogens with two attached hydrogens (primary N) is 1. The number of benzene rings is 1. The Labute approximate surface area is 96.0 Å². The van der Waals surface area contributed by atoms with E-state index < -0.39 is 0 Å². The molecule has 1 aliphatic heterocycles. The Balaban J connectivity index is 0.000000606. The van der Waals surface area contributed by atoms with Gasteiger partial charge in [0.25, 0.3) is 0 Å². The van der Waals surface area contributed by atoms with Crippen molar-refractivity contribution < 1.29 is 14.6 Å². The first-order valence-electron chi connectivity index (χ1n) is 5.47. The van der Waals surface area contributed by atoms with E-state index in [1.807, 2.05) is 18.2 Å². The summed E-state index contributed by atoms with van der Waals surface area (Å²) >= 11 is 0. The maximum Gasteiger partial charge on any atom is 0.161 e. The van der Waals surface area contributed by atoms with Crippen LogP contribution in [0.1, 0.15) is 12.0 Å². The summed E-state index contributed by atoms with van der Waals surface area (Å²) in [7, 11) is 1.50. The quantitative estimate of drug-likeness (QED) is 0.804. The van der Waals surface area contributed by atoms with Crippen LogP contribution in [0.5, 0.6) is 11.5 Å². The summed E-state index contributed by atoms with van der Waals surface area (Å²) in [5.74, 6) is 1.65. The third kappa shape index (κ3) is 3.40. The average Bonchev–Trinajstić information content (AvgIpc) is 2.38. The molecule has 0 bridgehead atoms.